The molecule has 0 bridgehead atoms. The first-order valence-corrected chi connectivity index (χ1v) is 3.32. The number of hydrogen-bond acceptors (Lipinski definition) is 2. The highest BCUT2D eigenvalue weighted by Crippen LogP contribution is 1.61. The molecule has 0 heterocycles. The Bertz CT molecular complexity index is 188. The van der Waals surface area contributed by atoms with E-state index in [1.165, 1.54) is 0 Å². The van der Waals surface area contributed by atoms with Crippen LogP contribution >= 0.6 is 0 Å². The van der Waals surface area contributed by atoms with Crippen LogP contribution in [-0.4, -0.2) is 15.0 Å². The van der Waals surface area contributed by atoms with Gasteiger partial charge in [0.05, 0.1) is 6.54 Å². The summed E-state index contributed by atoms with van der Waals surface area (Å²) < 4.78 is 21.8. The predicted molar refractivity (Wildman–Crippen MR) is 29.9 cm³/mol. The Hall–Kier alpha value is -0.570. The van der Waals surface area contributed by atoms with E-state index in [0.717, 1.165) is 0 Å². The van der Waals surface area contributed by atoms with Crippen molar-refractivity contribution in [1.29, 1.82) is 0 Å². The van der Waals surface area contributed by atoms with E-state index in [0.29, 0.717) is 0 Å². The number of nitrogens with one attached hydrogen (secondary N) is 1. The first kappa shape index (κ1) is 7.43. The minimum atomic E-state index is -3.58. The molecule has 3 N–H and O–H groups in total. The lowest BCUT2D eigenvalue weighted by Crippen LogP contribution is -2.30. The van der Waals surface area contributed by atoms with Crippen molar-refractivity contribution in [3.05, 3.63) is 0 Å². The number of hydrogen-bond donors (Lipinski definition) is 2. The molecule has 0 saturated heterocycles. The molecule has 0 aliphatic heterocycles. The third-order valence-corrected chi connectivity index (χ3v) is 0.922. The van der Waals surface area contributed by atoms with Crippen LogP contribution in [0.2, 0.25) is 0 Å². The maximum absolute atomic E-state index is 9.96. The van der Waals surface area contributed by atoms with Crippen LogP contribution in [0.1, 0.15) is 0 Å². The third kappa shape index (κ3) is 5.43. The van der Waals surface area contributed by atoms with Gasteiger partial charge in [0, 0.05) is 0 Å². The van der Waals surface area contributed by atoms with E-state index in [1.54, 1.807) is 0 Å². The van der Waals surface area contributed by atoms with Crippen LogP contribution in [0.4, 0.5) is 0 Å². The van der Waals surface area contributed by atoms with Gasteiger partial charge in [-0.3, -0.25) is 0 Å². The highest BCUT2D eigenvalue weighted by Gasteiger charge is 1.94. The van der Waals surface area contributed by atoms with Crippen molar-refractivity contribution in [2.75, 3.05) is 6.54 Å². The molecule has 5 heteroatoms. The fraction of sp³-hybridized carbons (Fsp3) is 0.333. The van der Waals surface area contributed by atoms with E-state index in [1.807, 2.05) is 4.72 Å². The molecule has 46 valence electrons. The summed E-state index contributed by atoms with van der Waals surface area (Å²) in [7, 11) is -3.58. The van der Waals surface area contributed by atoms with Gasteiger partial charge in [0.25, 0.3) is 10.2 Å². The monoisotopic (exact) mass is 134 g/mol. The molecular weight excluding hydrogens is 128 g/mol. The van der Waals surface area contributed by atoms with Crippen molar-refractivity contribution >= 4 is 10.2 Å². The zero-order chi connectivity index (χ0) is 6.62. The van der Waals surface area contributed by atoms with Crippen LogP contribution < -0.4 is 9.86 Å². The molecule has 0 aliphatic carbocycles. The van der Waals surface area contributed by atoms with E-state index in [9.17, 15) is 8.42 Å². The van der Waals surface area contributed by atoms with E-state index in [-0.39, 0.29) is 6.54 Å². The average Bonchev–Trinajstić information content (AvgIpc) is 1.59. The Morgan fingerprint density at radius 3 is 2.38 bits per heavy atom. The minimum absolute atomic E-state index is 0.0567. The van der Waals surface area contributed by atoms with Crippen molar-refractivity contribution in [2.45, 2.75) is 0 Å². The summed E-state index contributed by atoms with van der Waals surface area (Å²) in [6.45, 7) is -0.0567. The molecule has 0 spiro atoms. The van der Waals surface area contributed by atoms with Crippen molar-refractivity contribution in [3.8, 4) is 12.3 Å². The predicted octanol–water partition coefficient (Wildman–Crippen LogP) is -1.59. The second kappa shape index (κ2) is 2.67. The largest absolute Gasteiger partial charge is 0.275 e. The van der Waals surface area contributed by atoms with Crippen molar-refractivity contribution in [2.24, 2.45) is 5.14 Å². The maximum Gasteiger partial charge on any atom is 0.275 e. The van der Waals surface area contributed by atoms with Crippen LogP contribution in [-0.2, 0) is 10.2 Å². The topological polar surface area (TPSA) is 72.2 Å². The van der Waals surface area contributed by atoms with Crippen LogP contribution in [0.5, 0.6) is 0 Å². The summed E-state index contributed by atoms with van der Waals surface area (Å²) in [6.07, 6.45) is 4.70. The lowest BCUT2D eigenvalue weighted by Gasteiger charge is -1.91. The fourth-order valence-electron chi connectivity index (χ4n) is 0.142. The van der Waals surface area contributed by atoms with E-state index in [2.05, 4.69) is 11.1 Å². The van der Waals surface area contributed by atoms with Gasteiger partial charge in [0.15, 0.2) is 0 Å². The Morgan fingerprint density at radius 2 is 2.25 bits per heavy atom. The summed E-state index contributed by atoms with van der Waals surface area (Å²) in [5.41, 5.74) is 0. The molecule has 0 aromatic rings. The Morgan fingerprint density at radius 1 is 1.75 bits per heavy atom. The molecule has 0 atom stereocenters. The van der Waals surface area contributed by atoms with Gasteiger partial charge in [-0.1, -0.05) is 5.92 Å². The van der Waals surface area contributed by atoms with Crippen molar-refractivity contribution in [1.82, 2.24) is 4.72 Å². The molecule has 0 unspecified atom stereocenters. The summed E-state index contributed by atoms with van der Waals surface area (Å²) in [5.74, 6) is 2.05. The van der Waals surface area contributed by atoms with Gasteiger partial charge in [-0.15, -0.1) is 6.42 Å². The minimum Gasteiger partial charge on any atom is -0.216 e. The lowest BCUT2D eigenvalue weighted by molar-refractivity contribution is 0.588. The summed E-state index contributed by atoms with van der Waals surface area (Å²) >= 11 is 0. The number of nitrogens with two attached hydrogens (primary N) is 1. The lowest BCUT2D eigenvalue weighted by atomic mass is 10.7. The van der Waals surface area contributed by atoms with Gasteiger partial charge in [-0.25, -0.2) is 5.14 Å². The molecule has 0 aromatic heterocycles. The molecular formula is C3H6N2O2S. The van der Waals surface area contributed by atoms with Crippen LogP contribution in [0.15, 0.2) is 0 Å². The third-order valence-electron chi connectivity index (χ3n) is 0.375. The van der Waals surface area contributed by atoms with E-state index in [4.69, 9.17) is 6.42 Å². The van der Waals surface area contributed by atoms with Crippen molar-refractivity contribution in [3.63, 3.8) is 0 Å². The molecule has 0 fully saturated rings. The van der Waals surface area contributed by atoms with Crippen LogP contribution in [0.25, 0.3) is 0 Å². The van der Waals surface area contributed by atoms with Gasteiger partial charge in [-0.2, -0.15) is 13.1 Å². The Labute approximate surface area is 48.3 Å². The molecule has 0 rings (SSSR count). The van der Waals surface area contributed by atoms with Gasteiger partial charge in [0.2, 0.25) is 0 Å². The second-order valence-corrected chi connectivity index (χ2v) is 2.45. The van der Waals surface area contributed by atoms with Gasteiger partial charge < -0.3 is 0 Å². The van der Waals surface area contributed by atoms with Gasteiger partial charge in [0.1, 0.15) is 0 Å². The van der Waals surface area contributed by atoms with Crippen molar-refractivity contribution < 1.29 is 8.42 Å². The van der Waals surface area contributed by atoms with E-state index < -0.39 is 10.2 Å². The summed E-state index contributed by atoms with van der Waals surface area (Å²) in [6, 6.07) is 0. The zero-order valence-corrected chi connectivity index (χ0v) is 4.90. The number of rotatable bonds is 2. The Kier molecular flexibility index (Phi) is 2.48. The molecule has 0 aromatic carbocycles. The quantitative estimate of drug-likeness (QED) is 0.447. The highest BCUT2D eigenvalue weighted by molar-refractivity contribution is 7.87. The second-order valence-electron chi connectivity index (χ2n) is 1.07. The van der Waals surface area contributed by atoms with E-state index >= 15 is 0 Å². The van der Waals surface area contributed by atoms with Gasteiger partial charge >= 0.3 is 0 Å². The first-order valence-electron chi connectivity index (χ1n) is 1.77. The van der Waals surface area contributed by atoms with Crippen LogP contribution in [0, 0.1) is 12.3 Å². The zero-order valence-electron chi connectivity index (χ0n) is 4.09. The molecule has 4 nitrogen and oxygen atoms in total. The molecule has 8 heavy (non-hydrogen) atoms. The molecule has 0 amide bonds. The smallest absolute Gasteiger partial charge is 0.216 e. The normalized spacial score (nSPS) is 10.5. The average molecular weight is 134 g/mol. The molecule has 0 aliphatic rings. The maximum atomic E-state index is 9.96. The fourth-order valence-corrected chi connectivity index (χ4v) is 0.427. The summed E-state index contributed by atoms with van der Waals surface area (Å²) in [4.78, 5) is 0. The SMILES string of the molecule is C#CCNS(N)(=O)=O. The molecule has 0 saturated carbocycles. The van der Waals surface area contributed by atoms with Gasteiger partial charge in [-0.05, 0) is 0 Å². The first-order chi connectivity index (χ1) is 3.56. The summed E-state index contributed by atoms with van der Waals surface area (Å²) in [5, 5.41) is 4.49. The standard InChI is InChI=1S/C3H6N2O2S/c1-2-3-5-8(4,6)7/h1,5H,3H2,(H2,4,6,7). The highest BCUT2D eigenvalue weighted by atomic mass is 32.2. The number of terminal acetylenes is 1. The van der Waals surface area contributed by atoms with Crippen LogP contribution in [0.3, 0.4) is 0 Å². The Balaban J connectivity index is 3.63. The molecule has 0 radical (unpaired) electrons.